The molecule has 0 fully saturated rings. The number of hydrogen-bond donors (Lipinski definition) is 2. The van der Waals surface area contributed by atoms with Crippen LogP contribution >= 0.6 is 0 Å². The predicted molar refractivity (Wildman–Crippen MR) is 85.1 cm³/mol. The molecule has 23 heavy (non-hydrogen) atoms. The van der Waals surface area contributed by atoms with Crippen molar-refractivity contribution in [3.8, 4) is 22.5 Å². The zero-order chi connectivity index (χ0) is 15.8. The van der Waals surface area contributed by atoms with Crippen molar-refractivity contribution in [2.45, 2.75) is 0 Å². The Balaban J connectivity index is 2.12. The van der Waals surface area contributed by atoms with Crippen molar-refractivity contribution in [2.24, 2.45) is 0 Å². The summed E-state index contributed by atoms with van der Waals surface area (Å²) in [5.41, 5.74) is 1.37. The van der Waals surface area contributed by atoms with Crippen molar-refractivity contribution in [1.29, 1.82) is 0 Å². The Hall–Kier alpha value is -3.48. The van der Waals surface area contributed by atoms with Gasteiger partial charge in [-0.2, -0.15) is 0 Å². The first-order valence-electron chi connectivity index (χ1n) is 6.95. The van der Waals surface area contributed by atoms with Gasteiger partial charge in [-0.25, -0.2) is 14.8 Å². The first-order chi connectivity index (χ1) is 11.2. The molecule has 3 heterocycles. The van der Waals surface area contributed by atoms with Gasteiger partial charge in [-0.15, -0.1) is 0 Å². The van der Waals surface area contributed by atoms with Gasteiger partial charge in [0.2, 0.25) is 5.78 Å². The first-order valence-corrected chi connectivity index (χ1v) is 6.95. The minimum atomic E-state index is -0.549. The van der Waals surface area contributed by atoms with E-state index in [0.29, 0.717) is 22.7 Å². The number of aromatic nitrogens is 5. The second kappa shape index (κ2) is 5.06. The summed E-state index contributed by atoms with van der Waals surface area (Å²) in [6, 6.07) is 11.3. The first kappa shape index (κ1) is 13.2. The third-order valence-electron chi connectivity index (χ3n) is 3.53. The second-order valence-electron chi connectivity index (χ2n) is 4.95. The lowest BCUT2D eigenvalue weighted by atomic mass is 10.1. The zero-order valence-electron chi connectivity index (χ0n) is 11.9. The summed E-state index contributed by atoms with van der Waals surface area (Å²) >= 11 is 0. The molecule has 0 amide bonds. The maximum atomic E-state index is 12.2. The summed E-state index contributed by atoms with van der Waals surface area (Å²) in [4.78, 5) is 37.0. The fourth-order valence-electron chi connectivity index (χ4n) is 2.53. The highest BCUT2D eigenvalue weighted by molar-refractivity contribution is 5.80. The molecule has 4 aromatic rings. The highest BCUT2D eigenvalue weighted by Gasteiger charge is 2.18. The molecule has 0 saturated carbocycles. The molecule has 112 valence electrons. The van der Waals surface area contributed by atoms with E-state index >= 15 is 0 Å². The molecule has 0 radical (unpaired) electrons. The minimum Gasteiger partial charge on any atom is -0.313 e. The molecule has 0 atom stereocenters. The van der Waals surface area contributed by atoms with E-state index in [9.17, 15) is 9.59 Å². The Labute approximate surface area is 129 Å². The van der Waals surface area contributed by atoms with E-state index < -0.39 is 11.2 Å². The van der Waals surface area contributed by atoms with Crippen LogP contribution in [0.15, 0.2) is 64.6 Å². The molecular weight excluding hydrogens is 294 g/mol. The molecule has 2 N–H and O–H groups in total. The zero-order valence-corrected chi connectivity index (χ0v) is 11.9. The fraction of sp³-hybridized carbons (Fsp3) is 0. The van der Waals surface area contributed by atoms with Crippen LogP contribution in [0.1, 0.15) is 0 Å². The van der Waals surface area contributed by atoms with Crippen molar-refractivity contribution < 1.29 is 0 Å². The van der Waals surface area contributed by atoms with Crippen LogP contribution in [0.3, 0.4) is 0 Å². The summed E-state index contributed by atoms with van der Waals surface area (Å²) < 4.78 is 1.73. The SMILES string of the molecule is O=c1[nH]cc(-c2c(-c3ccccc3)nc3ncccn23)c(=O)[nH]1. The van der Waals surface area contributed by atoms with Gasteiger partial charge in [-0.3, -0.25) is 14.2 Å². The van der Waals surface area contributed by atoms with Gasteiger partial charge in [-0.1, -0.05) is 30.3 Å². The maximum Gasteiger partial charge on any atom is 0.325 e. The van der Waals surface area contributed by atoms with Gasteiger partial charge in [0.05, 0.1) is 17.0 Å². The lowest BCUT2D eigenvalue weighted by Crippen LogP contribution is -2.23. The predicted octanol–water partition coefficient (Wildman–Crippen LogP) is 1.44. The molecule has 0 saturated heterocycles. The van der Waals surface area contributed by atoms with Crippen molar-refractivity contribution in [3.05, 3.63) is 75.8 Å². The van der Waals surface area contributed by atoms with E-state index in [1.54, 1.807) is 22.9 Å². The van der Waals surface area contributed by atoms with Crippen LogP contribution in [0, 0.1) is 0 Å². The van der Waals surface area contributed by atoms with E-state index in [0.717, 1.165) is 5.56 Å². The summed E-state index contributed by atoms with van der Waals surface area (Å²) in [5, 5.41) is 0. The van der Waals surface area contributed by atoms with Crippen LogP contribution < -0.4 is 11.2 Å². The number of imidazole rings is 1. The third kappa shape index (κ3) is 2.15. The van der Waals surface area contributed by atoms with Gasteiger partial charge in [0.1, 0.15) is 0 Å². The Bertz CT molecular complexity index is 1110. The highest BCUT2D eigenvalue weighted by atomic mass is 16.2. The summed E-state index contributed by atoms with van der Waals surface area (Å²) in [5.74, 6) is 0.479. The maximum absolute atomic E-state index is 12.2. The van der Waals surface area contributed by atoms with Crippen molar-refractivity contribution in [1.82, 2.24) is 24.3 Å². The van der Waals surface area contributed by atoms with Crippen LogP contribution in [-0.4, -0.2) is 24.3 Å². The Kier molecular flexibility index (Phi) is 2.90. The molecule has 0 unspecified atom stereocenters. The smallest absolute Gasteiger partial charge is 0.313 e. The molecule has 7 heteroatoms. The largest absolute Gasteiger partial charge is 0.325 e. The molecule has 7 nitrogen and oxygen atoms in total. The quantitative estimate of drug-likeness (QED) is 0.585. The van der Waals surface area contributed by atoms with Gasteiger partial charge >= 0.3 is 5.69 Å². The Morgan fingerprint density at radius 1 is 1.04 bits per heavy atom. The molecule has 0 spiro atoms. The van der Waals surface area contributed by atoms with Gasteiger partial charge in [0, 0.05) is 24.2 Å². The number of rotatable bonds is 2. The summed E-state index contributed by atoms with van der Waals surface area (Å²) in [7, 11) is 0. The van der Waals surface area contributed by atoms with E-state index in [1.165, 1.54) is 6.20 Å². The molecule has 0 aliphatic rings. The molecule has 4 rings (SSSR count). The van der Waals surface area contributed by atoms with Gasteiger partial charge < -0.3 is 4.98 Å². The molecular formula is C16H11N5O2. The third-order valence-corrected chi connectivity index (χ3v) is 3.53. The van der Waals surface area contributed by atoms with Crippen molar-refractivity contribution >= 4 is 5.78 Å². The Morgan fingerprint density at radius 3 is 2.65 bits per heavy atom. The Morgan fingerprint density at radius 2 is 1.87 bits per heavy atom. The minimum absolute atomic E-state index is 0.323. The van der Waals surface area contributed by atoms with Gasteiger partial charge in [-0.05, 0) is 6.07 Å². The topological polar surface area (TPSA) is 95.9 Å². The molecule has 0 aliphatic heterocycles. The standard InChI is InChI=1S/C16H11N5O2/c22-14-11(9-18-16(23)20-14)13-12(10-5-2-1-3-6-10)19-15-17-7-4-8-21(13)15/h1-9H,(H2,18,20,22,23). The van der Waals surface area contributed by atoms with Crippen LogP contribution in [0.4, 0.5) is 0 Å². The normalized spacial score (nSPS) is 11.0. The lowest BCUT2D eigenvalue weighted by Gasteiger charge is -2.04. The number of H-pyrrole nitrogens is 2. The van der Waals surface area contributed by atoms with Crippen LogP contribution in [-0.2, 0) is 0 Å². The molecule has 0 aliphatic carbocycles. The lowest BCUT2D eigenvalue weighted by molar-refractivity contribution is 1.03. The monoisotopic (exact) mass is 305 g/mol. The van der Waals surface area contributed by atoms with Crippen LogP contribution in [0.5, 0.6) is 0 Å². The summed E-state index contributed by atoms with van der Waals surface area (Å²) in [6.45, 7) is 0. The van der Waals surface area contributed by atoms with Gasteiger partial charge in [0.15, 0.2) is 0 Å². The fourth-order valence-corrected chi connectivity index (χ4v) is 2.53. The van der Waals surface area contributed by atoms with Crippen LogP contribution in [0.25, 0.3) is 28.3 Å². The number of fused-ring (bicyclic) bond motifs is 1. The second-order valence-corrected chi connectivity index (χ2v) is 4.95. The summed E-state index contributed by atoms with van der Waals surface area (Å²) in [6.07, 6.45) is 4.81. The number of benzene rings is 1. The average Bonchev–Trinajstić information content (AvgIpc) is 2.95. The van der Waals surface area contributed by atoms with E-state index in [2.05, 4.69) is 19.9 Å². The molecule has 3 aromatic heterocycles. The molecule has 0 bridgehead atoms. The van der Waals surface area contributed by atoms with Gasteiger partial charge in [0.25, 0.3) is 5.56 Å². The van der Waals surface area contributed by atoms with Crippen molar-refractivity contribution in [3.63, 3.8) is 0 Å². The number of aromatic amines is 2. The number of nitrogens with one attached hydrogen (secondary N) is 2. The number of hydrogen-bond acceptors (Lipinski definition) is 4. The van der Waals surface area contributed by atoms with E-state index in [-0.39, 0.29) is 0 Å². The highest BCUT2D eigenvalue weighted by Crippen LogP contribution is 2.29. The van der Waals surface area contributed by atoms with E-state index in [4.69, 9.17) is 0 Å². The van der Waals surface area contributed by atoms with Crippen molar-refractivity contribution in [2.75, 3.05) is 0 Å². The van der Waals surface area contributed by atoms with E-state index in [1.807, 2.05) is 30.3 Å². The molecule has 1 aromatic carbocycles. The van der Waals surface area contributed by atoms with Crippen LogP contribution in [0.2, 0.25) is 0 Å². The number of nitrogens with zero attached hydrogens (tertiary/aromatic N) is 3. The average molecular weight is 305 g/mol.